The minimum Gasteiger partial charge on any atom is -0.387 e. The average molecular weight is 409 g/mol. The van der Waals surface area contributed by atoms with E-state index in [2.05, 4.69) is 42.5 Å². The van der Waals surface area contributed by atoms with Crippen molar-refractivity contribution in [3.05, 3.63) is 136 Å². The molecule has 0 bridgehead atoms. The summed E-state index contributed by atoms with van der Waals surface area (Å²) in [6.07, 6.45) is 4.04. The maximum atomic E-state index is 11.2. The second-order valence-electron chi connectivity index (χ2n) is 7.54. The Morgan fingerprint density at radius 2 is 1.45 bits per heavy atom. The molecule has 31 heavy (non-hydrogen) atoms. The van der Waals surface area contributed by atoms with Crippen molar-refractivity contribution in [2.45, 2.75) is 18.4 Å². The second-order valence-corrected chi connectivity index (χ2v) is 7.54. The number of hydrogen-bond donors (Lipinski definition) is 1. The number of aliphatic hydroxyl groups is 1. The number of allylic oxidation sites excluding steroid dienone is 1. The molecule has 1 N–H and O–H groups in total. The molecule has 0 radical (unpaired) electrons. The first-order valence-corrected chi connectivity index (χ1v) is 10.2. The fourth-order valence-electron chi connectivity index (χ4n) is 3.78. The van der Waals surface area contributed by atoms with Crippen LogP contribution in [-0.4, -0.2) is 10.0 Å². The first-order valence-electron chi connectivity index (χ1n) is 10.2. The Morgan fingerprint density at radius 3 is 2.16 bits per heavy atom. The van der Waals surface area contributed by atoms with Crippen molar-refractivity contribution in [2.24, 2.45) is 0 Å². The minimum atomic E-state index is -0.825. The number of nitro benzene ring substituents is 1. The third-order valence-corrected chi connectivity index (χ3v) is 5.48. The summed E-state index contributed by atoms with van der Waals surface area (Å²) in [5, 5.41) is 24.4. The van der Waals surface area contributed by atoms with Gasteiger partial charge in [0.15, 0.2) is 0 Å². The van der Waals surface area contributed by atoms with E-state index in [4.69, 9.17) is 0 Å². The van der Waals surface area contributed by atoms with E-state index in [0.29, 0.717) is 5.56 Å². The number of rotatable bonds is 7. The molecule has 4 aromatic rings. The molecule has 4 rings (SSSR count). The molecule has 0 aliphatic carbocycles. The molecular weight excluding hydrogens is 386 g/mol. The Hall–Kier alpha value is -3.76. The number of nitro groups is 1. The summed E-state index contributed by atoms with van der Waals surface area (Å²) in [5.41, 5.74) is 2.85. The van der Waals surface area contributed by atoms with E-state index < -0.39 is 11.0 Å². The van der Waals surface area contributed by atoms with Gasteiger partial charge < -0.3 is 5.11 Å². The van der Waals surface area contributed by atoms with Gasteiger partial charge in [0.2, 0.25) is 0 Å². The summed E-state index contributed by atoms with van der Waals surface area (Å²) in [5.74, 6) is -0.283. The van der Waals surface area contributed by atoms with Crippen molar-refractivity contribution in [3.63, 3.8) is 0 Å². The molecule has 0 saturated heterocycles. The Balaban J connectivity index is 1.67. The molecule has 0 aliphatic heterocycles. The van der Waals surface area contributed by atoms with Gasteiger partial charge in [-0.15, -0.1) is 0 Å². The second kappa shape index (κ2) is 9.37. The van der Waals surface area contributed by atoms with Crippen LogP contribution >= 0.6 is 0 Å². The quantitative estimate of drug-likeness (QED) is 0.219. The topological polar surface area (TPSA) is 63.4 Å². The van der Waals surface area contributed by atoms with Crippen molar-refractivity contribution >= 4 is 16.5 Å². The zero-order valence-corrected chi connectivity index (χ0v) is 17.0. The molecule has 0 fully saturated rings. The predicted octanol–water partition coefficient (Wildman–Crippen LogP) is 6.36. The van der Waals surface area contributed by atoms with E-state index in [1.807, 2.05) is 42.5 Å². The Bertz CT molecular complexity index is 1200. The van der Waals surface area contributed by atoms with Crippen molar-refractivity contribution in [3.8, 4) is 0 Å². The number of aliphatic hydroxyl groups excluding tert-OH is 1. The number of hydrogen-bond acceptors (Lipinski definition) is 3. The van der Waals surface area contributed by atoms with Crippen LogP contribution in [0.5, 0.6) is 0 Å². The smallest absolute Gasteiger partial charge is 0.269 e. The molecular formula is C27H23NO3. The van der Waals surface area contributed by atoms with Crippen LogP contribution < -0.4 is 0 Å². The van der Waals surface area contributed by atoms with Crippen LogP contribution in [0.4, 0.5) is 5.69 Å². The number of nitrogens with zero attached hydrogens (tertiary/aromatic N) is 1. The van der Waals surface area contributed by atoms with Gasteiger partial charge in [-0.05, 0) is 46.0 Å². The molecule has 0 spiro atoms. The SMILES string of the molecule is O=[N+]([O-])c1ccc(C(O)C(/C=C\Cc2ccccc2)c2ccc3ccccc3c2)cc1. The van der Waals surface area contributed by atoms with Crippen molar-refractivity contribution in [2.75, 3.05) is 0 Å². The summed E-state index contributed by atoms with van der Waals surface area (Å²) < 4.78 is 0. The standard InChI is InChI=1S/C27H23NO3/c29-27(22-15-17-25(18-16-22)28(30)31)26(12-6-9-20-7-2-1-3-8-20)24-14-13-21-10-4-5-11-23(21)19-24/h1-8,10-19,26-27,29H,9H2/b12-6-. The van der Waals surface area contributed by atoms with Gasteiger partial charge in [-0.2, -0.15) is 0 Å². The molecule has 0 aromatic heterocycles. The molecule has 4 heteroatoms. The Labute approximate surface area is 181 Å². The van der Waals surface area contributed by atoms with Gasteiger partial charge >= 0.3 is 0 Å². The van der Waals surface area contributed by atoms with Crippen molar-refractivity contribution in [1.82, 2.24) is 0 Å². The van der Waals surface area contributed by atoms with Crippen molar-refractivity contribution < 1.29 is 10.0 Å². The predicted molar refractivity (Wildman–Crippen MR) is 124 cm³/mol. The highest BCUT2D eigenvalue weighted by atomic mass is 16.6. The lowest BCUT2D eigenvalue weighted by Gasteiger charge is -2.21. The lowest BCUT2D eigenvalue weighted by molar-refractivity contribution is -0.384. The molecule has 2 atom stereocenters. The Morgan fingerprint density at radius 1 is 0.806 bits per heavy atom. The highest BCUT2D eigenvalue weighted by Crippen LogP contribution is 2.34. The third kappa shape index (κ3) is 4.87. The number of fused-ring (bicyclic) bond motifs is 1. The van der Waals surface area contributed by atoms with E-state index in [1.165, 1.54) is 17.7 Å². The molecule has 0 aliphatic rings. The maximum Gasteiger partial charge on any atom is 0.269 e. The fourth-order valence-corrected chi connectivity index (χ4v) is 3.78. The first-order chi connectivity index (χ1) is 15.1. The van der Waals surface area contributed by atoms with Gasteiger partial charge in [0.1, 0.15) is 0 Å². The van der Waals surface area contributed by atoms with Gasteiger partial charge in [0.05, 0.1) is 11.0 Å². The lowest BCUT2D eigenvalue weighted by atomic mass is 9.87. The van der Waals surface area contributed by atoms with Gasteiger partial charge in [-0.1, -0.05) is 84.9 Å². The molecule has 0 saturated carbocycles. The van der Waals surface area contributed by atoms with Gasteiger partial charge in [-0.3, -0.25) is 10.1 Å². The highest BCUT2D eigenvalue weighted by molar-refractivity contribution is 5.83. The van der Waals surface area contributed by atoms with Crippen LogP contribution in [0.1, 0.15) is 28.7 Å². The lowest BCUT2D eigenvalue weighted by Crippen LogP contribution is -2.09. The van der Waals surface area contributed by atoms with Crippen LogP contribution in [0, 0.1) is 10.1 Å². The van der Waals surface area contributed by atoms with E-state index in [-0.39, 0.29) is 11.6 Å². The van der Waals surface area contributed by atoms with Gasteiger partial charge in [-0.25, -0.2) is 0 Å². The Kier molecular flexibility index (Phi) is 6.20. The van der Waals surface area contributed by atoms with E-state index >= 15 is 0 Å². The average Bonchev–Trinajstić information content (AvgIpc) is 2.82. The highest BCUT2D eigenvalue weighted by Gasteiger charge is 2.21. The summed E-state index contributed by atoms with van der Waals surface area (Å²) in [6.45, 7) is 0. The van der Waals surface area contributed by atoms with Gasteiger partial charge in [0, 0.05) is 18.1 Å². The minimum absolute atomic E-state index is 0.0119. The molecule has 0 amide bonds. The number of benzene rings is 4. The fraction of sp³-hybridized carbons (Fsp3) is 0.111. The molecule has 154 valence electrons. The monoisotopic (exact) mass is 409 g/mol. The normalized spacial score (nSPS) is 13.3. The third-order valence-electron chi connectivity index (χ3n) is 5.48. The number of non-ortho nitro benzene ring substituents is 1. The molecule has 4 nitrogen and oxygen atoms in total. The zero-order valence-electron chi connectivity index (χ0n) is 17.0. The van der Waals surface area contributed by atoms with Crippen LogP contribution in [-0.2, 0) is 6.42 Å². The zero-order chi connectivity index (χ0) is 21.6. The maximum absolute atomic E-state index is 11.2. The summed E-state index contributed by atoms with van der Waals surface area (Å²) in [6, 6.07) is 30.6. The van der Waals surface area contributed by atoms with E-state index in [9.17, 15) is 15.2 Å². The summed E-state index contributed by atoms with van der Waals surface area (Å²) in [7, 11) is 0. The van der Waals surface area contributed by atoms with Crippen LogP contribution in [0.25, 0.3) is 10.8 Å². The molecule has 2 unspecified atom stereocenters. The van der Waals surface area contributed by atoms with Crippen LogP contribution in [0.3, 0.4) is 0 Å². The largest absolute Gasteiger partial charge is 0.387 e. The molecule has 0 heterocycles. The van der Waals surface area contributed by atoms with Crippen molar-refractivity contribution in [1.29, 1.82) is 0 Å². The van der Waals surface area contributed by atoms with E-state index in [1.54, 1.807) is 12.1 Å². The van der Waals surface area contributed by atoms with Gasteiger partial charge in [0.25, 0.3) is 5.69 Å². The summed E-state index contributed by atoms with van der Waals surface area (Å²) in [4.78, 5) is 10.5. The molecule has 4 aromatic carbocycles. The van der Waals surface area contributed by atoms with Crippen LogP contribution in [0.15, 0.2) is 109 Å². The summed E-state index contributed by atoms with van der Waals surface area (Å²) >= 11 is 0. The van der Waals surface area contributed by atoms with Crippen LogP contribution in [0.2, 0.25) is 0 Å². The van der Waals surface area contributed by atoms with E-state index in [0.717, 1.165) is 22.8 Å². The first kappa shape index (κ1) is 20.5.